The zero-order chi connectivity index (χ0) is 24.9. The fraction of sp³-hybridized carbons (Fsp3) is 0.423. The number of carbonyl (C=O) groups is 1. The predicted octanol–water partition coefficient (Wildman–Crippen LogP) is 2.04. The highest BCUT2D eigenvalue weighted by atomic mass is 19.1. The Labute approximate surface area is 199 Å². The van der Waals surface area contributed by atoms with Gasteiger partial charge in [-0.3, -0.25) is 4.79 Å². The van der Waals surface area contributed by atoms with E-state index in [1.165, 1.54) is 10.6 Å². The lowest BCUT2D eigenvalue weighted by Crippen LogP contribution is -2.44. The first-order chi connectivity index (χ1) is 16.6. The van der Waals surface area contributed by atoms with Crippen molar-refractivity contribution in [1.82, 2.24) is 9.55 Å². The quantitative estimate of drug-likeness (QED) is 0.384. The summed E-state index contributed by atoms with van der Waals surface area (Å²) in [7, 11) is 0. The first kappa shape index (κ1) is 22.3. The van der Waals surface area contributed by atoms with Gasteiger partial charge >= 0.3 is 5.97 Å². The number of aliphatic hydroxyl groups is 3. The average molecular weight is 480 g/mol. The van der Waals surface area contributed by atoms with Gasteiger partial charge in [0.1, 0.15) is 12.4 Å². The van der Waals surface area contributed by atoms with Crippen LogP contribution in [0.1, 0.15) is 59.6 Å². The number of hydrogen-bond acceptors (Lipinski definition) is 7. The highest BCUT2D eigenvalue weighted by Crippen LogP contribution is 2.49. The van der Waals surface area contributed by atoms with Gasteiger partial charge in [0, 0.05) is 41.2 Å². The zero-order valence-corrected chi connectivity index (χ0v) is 19.4. The van der Waals surface area contributed by atoms with Crippen molar-refractivity contribution in [3.8, 4) is 11.4 Å². The molecule has 4 heterocycles. The van der Waals surface area contributed by atoms with E-state index in [2.05, 4.69) is 0 Å². The van der Waals surface area contributed by atoms with Gasteiger partial charge in [-0.15, -0.1) is 0 Å². The van der Waals surface area contributed by atoms with E-state index in [4.69, 9.17) is 9.72 Å². The van der Waals surface area contributed by atoms with Crippen LogP contribution in [0.25, 0.3) is 22.3 Å². The van der Waals surface area contributed by atoms with E-state index in [9.17, 15) is 29.3 Å². The molecule has 2 unspecified atom stereocenters. The number of aliphatic hydroxyl groups excluding tert-OH is 1. The Morgan fingerprint density at radius 1 is 1.20 bits per heavy atom. The molecule has 1 aromatic carbocycles. The van der Waals surface area contributed by atoms with Crippen LogP contribution in [0.5, 0.6) is 0 Å². The summed E-state index contributed by atoms with van der Waals surface area (Å²) in [5.41, 5.74) is 0.285. The molecule has 0 spiro atoms. The summed E-state index contributed by atoms with van der Waals surface area (Å²) in [6.07, 6.45) is 0.855. The third-order valence-corrected chi connectivity index (χ3v) is 8.08. The number of benzene rings is 1. The molecule has 0 bridgehead atoms. The number of aromatic nitrogens is 2. The minimum Gasteiger partial charge on any atom is -0.458 e. The minimum atomic E-state index is -1.95. The van der Waals surface area contributed by atoms with Gasteiger partial charge in [-0.25, -0.2) is 14.2 Å². The van der Waals surface area contributed by atoms with Gasteiger partial charge in [-0.2, -0.15) is 0 Å². The second-order valence-electron chi connectivity index (χ2n) is 9.78. The summed E-state index contributed by atoms with van der Waals surface area (Å²) in [6, 6.07) is 2.93. The summed E-state index contributed by atoms with van der Waals surface area (Å²) >= 11 is 0. The second kappa shape index (κ2) is 7.19. The summed E-state index contributed by atoms with van der Waals surface area (Å²) in [6.45, 7) is 2.98. The largest absolute Gasteiger partial charge is 0.458 e. The lowest BCUT2D eigenvalue weighted by Gasteiger charge is -2.36. The molecule has 0 amide bonds. The maximum atomic E-state index is 14.8. The molecule has 2 atom stereocenters. The van der Waals surface area contributed by atoms with Crippen molar-refractivity contribution in [3.63, 3.8) is 0 Å². The molecule has 182 valence electrons. The number of pyridine rings is 2. The number of carbonyl (C=O) groups excluding carboxylic acids is 1. The van der Waals surface area contributed by atoms with Crippen molar-refractivity contribution in [2.45, 2.75) is 63.9 Å². The topological polar surface area (TPSA) is 122 Å². The van der Waals surface area contributed by atoms with Gasteiger partial charge in [0.15, 0.2) is 5.60 Å². The lowest BCUT2D eigenvalue weighted by molar-refractivity contribution is -0.172. The van der Waals surface area contributed by atoms with Crippen molar-refractivity contribution in [2.75, 3.05) is 6.61 Å². The number of esters is 1. The minimum absolute atomic E-state index is 0.0229. The summed E-state index contributed by atoms with van der Waals surface area (Å²) in [5.74, 6) is -1.21. The second-order valence-corrected chi connectivity index (χ2v) is 9.78. The molecule has 3 N–H and O–H groups in total. The van der Waals surface area contributed by atoms with Crippen molar-refractivity contribution in [2.24, 2.45) is 0 Å². The van der Waals surface area contributed by atoms with Crippen LogP contribution >= 0.6 is 0 Å². The standard InChI is InChI=1S/C26H25FN2O6/c1-3-26(34)16-8-19-22-14(10-29(19)23(31)15(16)11-35-24(26)32)21-20-13(4-5-25(21,33)6-7-30)12(2)17(27)9-18(20)28-22/h8-9,30,33-34H,3-7,10-11H2,1-2H3. The fourth-order valence-electron chi connectivity index (χ4n) is 6.11. The van der Waals surface area contributed by atoms with Crippen molar-refractivity contribution in [1.29, 1.82) is 0 Å². The third-order valence-electron chi connectivity index (χ3n) is 8.08. The molecular formula is C26H25FN2O6. The predicted molar refractivity (Wildman–Crippen MR) is 123 cm³/mol. The Bertz CT molecular complexity index is 1530. The SMILES string of the molecule is CCC1(O)C(=O)OCc2c1cc1n(c2=O)Cc2c-1nc1cc(F)c(C)c3c1c2C(O)(CCO)CC3. The van der Waals surface area contributed by atoms with Crippen LogP contribution in [0.2, 0.25) is 0 Å². The van der Waals surface area contributed by atoms with Crippen molar-refractivity contribution >= 4 is 16.9 Å². The smallest absolute Gasteiger partial charge is 0.343 e. The normalized spacial score (nSPS) is 24.2. The molecule has 1 aliphatic carbocycles. The molecule has 6 rings (SSSR count). The van der Waals surface area contributed by atoms with Crippen molar-refractivity contribution in [3.05, 3.63) is 61.7 Å². The van der Waals surface area contributed by atoms with Gasteiger partial charge in [0.05, 0.1) is 34.6 Å². The number of ether oxygens (including phenoxy) is 1. The summed E-state index contributed by atoms with van der Waals surface area (Å²) in [5, 5.41) is 33.2. The number of fused-ring (bicyclic) bond motifs is 5. The Kier molecular flexibility index (Phi) is 4.59. The third kappa shape index (κ3) is 2.74. The molecule has 0 saturated carbocycles. The molecule has 9 heteroatoms. The van der Waals surface area contributed by atoms with Crippen LogP contribution in [-0.4, -0.2) is 37.4 Å². The molecule has 2 aliphatic heterocycles. The Morgan fingerprint density at radius 2 is 1.97 bits per heavy atom. The number of cyclic esters (lactones) is 1. The molecule has 3 aliphatic rings. The number of nitrogens with zero attached hydrogens (tertiary/aromatic N) is 2. The Balaban J connectivity index is 1.71. The van der Waals surface area contributed by atoms with Crippen LogP contribution in [0.4, 0.5) is 4.39 Å². The number of aryl methyl sites for hydroxylation is 1. The number of halogens is 1. The van der Waals surface area contributed by atoms with Crippen molar-refractivity contribution < 1.29 is 29.2 Å². The van der Waals surface area contributed by atoms with E-state index in [1.54, 1.807) is 19.9 Å². The van der Waals surface area contributed by atoms with E-state index in [-0.39, 0.29) is 43.7 Å². The maximum absolute atomic E-state index is 14.8. The maximum Gasteiger partial charge on any atom is 0.343 e. The molecular weight excluding hydrogens is 455 g/mol. The summed E-state index contributed by atoms with van der Waals surface area (Å²) in [4.78, 5) is 30.7. The van der Waals surface area contributed by atoms with Gasteiger partial charge < -0.3 is 24.6 Å². The van der Waals surface area contributed by atoms with E-state index >= 15 is 0 Å². The molecule has 2 aromatic heterocycles. The highest BCUT2D eigenvalue weighted by molar-refractivity contribution is 5.93. The Hall–Kier alpha value is -3.14. The molecule has 0 radical (unpaired) electrons. The molecule has 3 aromatic rings. The number of hydrogen-bond donors (Lipinski definition) is 3. The molecule has 35 heavy (non-hydrogen) atoms. The van der Waals surface area contributed by atoms with Crippen LogP contribution < -0.4 is 5.56 Å². The van der Waals surface area contributed by atoms with E-state index in [1.807, 2.05) is 0 Å². The van der Waals surface area contributed by atoms with Crippen LogP contribution in [0, 0.1) is 12.7 Å². The van der Waals surface area contributed by atoms with E-state index < -0.39 is 28.5 Å². The molecule has 0 saturated heterocycles. The average Bonchev–Trinajstić information content (AvgIpc) is 3.19. The van der Waals surface area contributed by atoms with Gasteiger partial charge in [-0.05, 0) is 43.4 Å². The van der Waals surface area contributed by atoms with Gasteiger partial charge in [0.25, 0.3) is 5.56 Å². The zero-order valence-electron chi connectivity index (χ0n) is 19.4. The highest BCUT2D eigenvalue weighted by Gasteiger charge is 2.46. The lowest BCUT2D eigenvalue weighted by atomic mass is 9.74. The first-order valence-corrected chi connectivity index (χ1v) is 11.8. The fourth-order valence-corrected chi connectivity index (χ4v) is 6.11. The monoisotopic (exact) mass is 480 g/mol. The summed E-state index contributed by atoms with van der Waals surface area (Å²) < 4.78 is 21.5. The Morgan fingerprint density at radius 3 is 2.69 bits per heavy atom. The number of rotatable bonds is 3. The first-order valence-electron chi connectivity index (χ1n) is 11.8. The van der Waals surface area contributed by atoms with E-state index in [0.717, 1.165) is 5.56 Å². The van der Waals surface area contributed by atoms with Crippen LogP contribution in [0.15, 0.2) is 16.9 Å². The molecule has 8 nitrogen and oxygen atoms in total. The van der Waals surface area contributed by atoms with Gasteiger partial charge in [0.2, 0.25) is 0 Å². The van der Waals surface area contributed by atoms with Gasteiger partial charge in [-0.1, -0.05) is 6.92 Å². The van der Waals surface area contributed by atoms with Crippen LogP contribution in [-0.2, 0) is 40.3 Å². The van der Waals surface area contributed by atoms with E-state index in [0.29, 0.717) is 51.8 Å². The molecule has 0 fully saturated rings. The van der Waals surface area contributed by atoms with Crippen LogP contribution in [0.3, 0.4) is 0 Å².